The molecule has 0 spiro atoms. The van der Waals surface area contributed by atoms with Crippen LogP contribution in [-0.2, 0) is 15.4 Å². The summed E-state index contributed by atoms with van der Waals surface area (Å²) in [4.78, 5) is 23.7. The van der Waals surface area contributed by atoms with E-state index in [4.69, 9.17) is 16.3 Å². The number of rotatable bonds is 6. The van der Waals surface area contributed by atoms with Crippen molar-refractivity contribution < 1.29 is 14.3 Å². The van der Waals surface area contributed by atoms with Crippen molar-refractivity contribution in [2.45, 2.75) is 45.7 Å². The van der Waals surface area contributed by atoms with Crippen LogP contribution in [0.1, 0.15) is 49.9 Å². The number of carbonyl (C=O) groups excluding carboxylic acids is 2. The Morgan fingerprint density at radius 3 is 2.55 bits per heavy atom. The predicted octanol–water partition coefficient (Wildman–Crippen LogP) is 1.28. The van der Waals surface area contributed by atoms with Gasteiger partial charge in [-0.2, -0.15) is 0 Å². The van der Waals surface area contributed by atoms with Crippen molar-refractivity contribution in [2.75, 3.05) is 6.61 Å². The molecule has 0 aliphatic rings. The van der Waals surface area contributed by atoms with Crippen molar-refractivity contribution in [3.05, 3.63) is 11.4 Å². The number of halogens is 1. The molecule has 1 heterocycles. The largest absolute Gasteiger partial charge is 0.461 e. The lowest BCUT2D eigenvalue weighted by atomic mass is 10.2. The molecule has 1 aromatic rings. The Labute approximate surface area is 122 Å². The van der Waals surface area contributed by atoms with Gasteiger partial charge in [-0.1, -0.05) is 5.21 Å². The van der Waals surface area contributed by atoms with Crippen LogP contribution in [0.15, 0.2) is 0 Å². The molecule has 0 fully saturated rings. The molecule has 7 nitrogen and oxygen atoms in total. The molecule has 8 heteroatoms. The molecule has 1 unspecified atom stereocenters. The van der Waals surface area contributed by atoms with Gasteiger partial charge in [0.05, 0.1) is 18.2 Å². The number of hydrogen-bond donors (Lipinski definition) is 1. The molecule has 0 aliphatic heterocycles. The topological polar surface area (TPSA) is 86.1 Å². The van der Waals surface area contributed by atoms with Crippen LogP contribution in [0.2, 0.25) is 0 Å². The van der Waals surface area contributed by atoms with E-state index in [0.29, 0.717) is 5.69 Å². The predicted molar refractivity (Wildman–Crippen MR) is 73.5 cm³/mol. The van der Waals surface area contributed by atoms with E-state index in [1.807, 2.05) is 13.8 Å². The number of esters is 1. The quantitative estimate of drug-likeness (QED) is 0.632. The Morgan fingerprint density at radius 1 is 1.40 bits per heavy atom. The Hall–Kier alpha value is -1.63. The van der Waals surface area contributed by atoms with E-state index < -0.39 is 12.0 Å². The molecule has 1 rings (SSSR count). The van der Waals surface area contributed by atoms with E-state index in [9.17, 15) is 9.59 Å². The summed E-state index contributed by atoms with van der Waals surface area (Å²) in [5.41, 5.74) is 0.419. The molecule has 0 aromatic carbocycles. The lowest BCUT2D eigenvalue weighted by molar-refractivity contribution is -0.124. The maximum absolute atomic E-state index is 12.0. The maximum atomic E-state index is 12.0. The highest BCUT2D eigenvalue weighted by molar-refractivity contribution is 6.17. The first-order valence-corrected chi connectivity index (χ1v) is 6.93. The van der Waals surface area contributed by atoms with Gasteiger partial charge in [0, 0.05) is 6.04 Å². The summed E-state index contributed by atoms with van der Waals surface area (Å²) in [6.45, 7) is 7.31. The van der Waals surface area contributed by atoms with Gasteiger partial charge in [0.25, 0.3) is 0 Å². The van der Waals surface area contributed by atoms with Gasteiger partial charge in [-0.25, -0.2) is 9.48 Å². The molecular formula is C12H19ClN4O3. The molecule has 0 saturated carbocycles. The number of alkyl halides is 1. The summed E-state index contributed by atoms with van der Waals surface area (Å²) in [5, 5.41) is 10.4. The first kappa shape index (κ1) is 16.4. The number of nitrogens with zero attached hydrogens (tertiary/aromatic N) is 3. The van der Waals surface area contributed by atoms with Gasteiger partial charge in [0.1, 0.15) is 6.04 Å². The molecule has 20 heavy (non-hydrogen) atoms. The number of amides is 1. The zero-order valence-electron chi connectivity index (χ0n) is 12.0. The molecule has 0 bridgehead atoms. The Balaban J connectivity index is 3.01. The average Bonchev–Trinajstić information content (AvgIpc) is 2.80. The van der Waals surface area contributed by atoms with E-state index in [2.05, 4.69) is 15.6 Å². The minimum atomic E-state index is -0.609. The van der Waals surface area contributed by atoms with Gasteiger partial charge in [-0.05, 0) is 27.7 Å². The molecule has 0 aliphatic carbocycles. The molecule has 1 atom stereocenters. The van der Waals surface area contributed by atoms with Crippen LogP contribution in [0.5, 0.6) is 0 Å². The van der Waals surface area contributed by atoms with E-state index in [1.165, 1.54) is 4.68 Å². The zero-order valence-corrected chi connectivity index (χ0v) is 12.8. The van der Waals surface area contributed by atoms with E-state index in [1.54, 1.807) is 13.8 Å². The number of ether oxygens (including phenoxy) is 1. The first-order chi connectivity index (χ1) is 9.42. The van der Waals surface area contributed by atoms with Gasteiger partial charge >= 0.3 is 5.97 Å². The van der Waals surface area contributed by atoms with Gasteiger partial charge < -0.3 is 10.1 Å². The summed E-state index contributed by atoms with van der Waals surface area (Å²) < 4.78 is 6.22. The van der Waals surface area contributed by atoms with Crippen LogP contribution in [0, 0.1) is 0 Å². The second-order valence-corrected chi connectivity index (χ2v) is 4.79. The van der Waals surface area contributed by atoms with Crippen LogP contribution in [0.25, 0.3) is 0 Å². The highest BCUT2D eigenvalue weighted by Gasteiger charge is 2.25. The number of aromatic nitrogens is 3. The summed E-state index contributed by atoms with van der Waals surface area (Å²) in [7, 11) is 0. The van der Waals surface area contributed by atoms with Gasteiger partial charge in [-0.15, -0.1) is 16.7 Å². The van der Waals surface area contributed by atoms with Crippen LogP contribution in [0.4, 0.5) is 0 Å². The fraction of sp³-hybridized carbons (Fsp3) is 0.667. The van der Waals surface area contributed by atoms with Gasteiger partial charge in [0.2, 0.25) is 5.91 Å². The molecule has 1 N–H and O–H groups in total. The minimum Gasteiger partial charge on any atom is -0.461 e. The Bertz CT molecular complexity index is 487. The molecule has 0 saturated heterocycles. The van der Waals surface area contributed by atoms with E-state index >= 15 is 0 Å². The average molecular weight is 303 g/mol. The molecular weight excluding hydrogens is 284 g/mol. The summed E-state index contributed by atoms with van der Waals surface area (Å²) in [6, 6.07) is -0.598. The number of hydrogen-bond acceptors (Lipinski definition) is 5. The van der Waals surface area contributed by atoms with Crippen molar-refractivity contribution >= 4 is 23.5 Å². The Kier molecular flexibility index (Phi) is 5.94. The highest BCUT2D eigenvalue weighted by Crippen LogP contribution is 2.16. The third-order valence-electron chi connectivity index (χ3n) is 2.56. The standard InChI is InChI=1S/C12H19ClN4O3/c1-5-20-12(19)10-9(6-13)17(16-15-10)8(4)11(18)14-7(2)3/h7-8H,5-6H2,1-4H3,(H,14,18). The number of nitrogens with one attached hydrogen (secondary N) is 1. The normalized spacial score (nSPS) is 12.3. The van der Waals surface area contributed by atoms with E-state index in [-0.39, 0.29) is 30.1 Å². The molecule has 0 radical (unpaired) electrons. The molecule has 1 amide bonds. The first-order valence-electron chi connectivity index (χ1n) is 6.39. The fourth-order valence-electron chi connectivity index (χ4n) is 1.62. The van der Waals surface area contributed by atoms with Crippen molar-refractivity contribution in [3.8, 4) is 0 Å². The fourth-order valence-corrected chi connectivity index (χ4v) is 1.87. The third kappa shape index (κ3) is 3.69. The van der Waals surface area contributed by atoms with Gasteiger partial charge in [0.15, 0.2) is 5.69 Å². The van der Waals surface area contributed by atoms with Crippen LogP contribution < -0.4 is 5.32 Å². The third-order valence-corrected chi connectivity index (χ3v) is 2.82. The second kappa shape index (κ2) is 7.23. The maximum Gasteiger partial charge on any atom is 0.360 e. The van der Waals surface area contributed by atoms with Crippen LogP contribution in [0.3, 0.4) is 0 Å². The van der Waals surface area contributed by atoms with E-state index in [0.717, 1.165) is 0 Å². The van der Waals surface area contributed by atoms with Crippen molar-refractivity contribution in [1.82, 2.24) is 20.3 Å². The smallest absolute Gasteiger partial charge is 0.360 e. The van der Waals surface area contributed by atoms with Crippen LogP contribution in [-0.4, -0.2) is 39.5 Å². The van der Waals surface area contributed by atoms with Crippen molar-refractivity contribution in [3.63, 3.8) is 0 Å². The lowest BCUT2D eigenvalue weighted by Gasteiger charge is -2.16. The van der Waals surface area contributed by atoms with Crippen molar-refractivity contribution in [2.24, 2.45) is 0 Å². The SMILES string of the molecule is CCOC(=O)c1nnn(C(C)C(=O)NC(C)C)c1CCl. The van der Waals surface area contributed by atoms with Crippen molar-refractivity contribution in [1.29, 1.82) is 0 Å². The highest BCUT2D eigenvalue weighted by atomic mass is 35.5. The molecule has 112 valence electrons. The van der Waals surface area contributed by atoms with Crippen LogP contribution >= 0.6 is 11.6 Å². The minimum absolute atomic E-state index is 0.0115. The molecule has 1 aromatic heterocycles. The Morgan fingerprint density at radius 2 is 2.05 bits per heavy atom. The summed E-state index contributed by atoms with van der Waals surface area (Å²) in [6.07, 6.45) is 0. The zero-order chi connectivity index (χ0) is 15.3. The van der Waals surface area contributed by atoms with Gasteiger partial charge in [-0.3, -0.25) is 4.79 Å². The monoisotopic (exact) mass is 302 g/mol. The summed E-state index contributed by atoms with van der Waals surface area (Å²) >= 11 is 5.84. The number of carbonyl (C=O) groups is 2. The second-order valence-electron chi connectivity index (χ2n) is 4.52. The lowest BCUT2D eigenvalue weighted by Crippen LogP contribution is -2.36. The summed E-state index contributed by atoms with van der Waals surface area (Å²) in [5.74, 6) is -0.793.